The van der Waals surface area contributed by atoms with E-state index in [1.165, 1.54) is 0 Å². The highest BCUT2D eigenvalue weighted by Crippen LogP contribution is 2.37. The zero-order valence-electron chi connectivity index (χ0n) is 12.5. The molecule has 0 saturated carbocycles. The van der Waals surface area contributed by atoms with Gasteiger partial charge in [-0.1, -0.05) is 0 Å². The summed E-state index contributed by atoms with van der Waals surface area (Å²) in [6.45, 7) is 3.74. The van der Waals surface area contributed by atoms with E-state index in [9.17, 15) is 0 Å². The van der Waals surface area contributed by atoms with Crippen LogP contribution in [0.5, 0.6) is 11.5 Å². The Morgan fingerprint density at radius 3 is 2.76 bits per heavy atom. The van der Waals surface area contributed by atoms with Crippen molar-refractivity contribution in [3.63, 3.8) is 0 Å². The second-order valence-electron chi connectivity index (χ2n) is 4.64. The molecule has 2 aromatic rings. The zero-order valence-corrected chi connectivity index (χ0v) is 14.1. The average molecular weight is 354 g/mol. The van der Waals surface area contributed by atoms with E-state index in [0.717, 1.165) is 28.0 Å². The molecule has 0 fully saturated rings. The lowest BCUT2D eigenvalue weighted by atomic mass is 10.2. The molecular weight excluding hydrogens is 334 g/mol. The van der Waals surface area contributed by atoms with Gasteiger partial charge in [-0.25, -0.2) is 0 Å². The molecule has 1 heterocycles. The fourth-order valence-electron chi connectivity index (χ4n) is 2.02. The van der Waals surface area contributed by atoms with Crippen molar-refractivity contribution in [1.29, 1.82) is 0 Å². The van der Waals surface area contributed by atoms with Crippen LogP contribution in [0.3, 0.4) is 0 Å². The summed E-state index contributed by atoms with van der Waals surface area (Å²) >= 11 is 3.56. The maximum Gasteiger partial charge on any atom is 0.175 e. The lowest BCUT2D eigenvalue weighted by Gasteiger charge is -2.15. The van der Waals surface area contributed by atoms with Gasteiger partial charge in [-0.05, 0) is 53.7 Å². The lowest BCUT2D eigenvalue weighted by molar-refractivity contribution is 0.264. The van der Waals surface area contributed by atoms with Gasteiger partial charge >= 0.3 is 0 Å². The van der Waals surface area contributed by atoms with Crippen LogP contribution in [0, 0.1) is 0 Å². The van der Waals surface area contributed by atoms with Crippen LogP contribution in [0.2, 0.25) is 0 Å². The van der Waals surface area contributed by atoms with E-state index in [-0.39, 0.29) is 0 Å². The van der Waals surface area contributed by atoms with Gasteiger partial charge in [0.15, 0.2) is 11.5 Å². The normalized spacial score (nSPS) is 10.7. The van der Waals surface area contributed by atoms with Crippen molar-refractivity contribution in [3.05, 3.63) is 40.1 Å². The minimum absolute atomic E-state index is 0.408. The van der Waals surface area contributed by atoms with E-state index in [2.05, 4.69) is 26.3 Å². The molecule has 0 saturated heterocycles. The number of aromatic nitrogens is 2. The molecule has 21 heavy (non-hydrogen) atoms. The number of nitrogens with zero attached hydrogens (tertiary/aromatic N) is 2. The van der Waals surface area contributed by atoms with Crippen LogP contribution in [0.1, 0.15) is 18.2 Å². The third-order valence-electron chi connectivity index (χ3n) is 2.88. The van der Waals surface area contributed by atoms with Crippen LogP contribution in [0.25, 0.3) is 0 Å². The second kappa shape index (κ2) is 7.47. The Labute approximate surface area is 133 Å². The first-order chi connectivity index (χ1) is 10.1. The van der Waals surface area contributed by atoms with Gasteiger partial charge in [-0.15, -0.1) is 0 Å². The number of hydrogen-bond acceptors (Lipinski definition) is 4. The van der Waals surface area contributed by atoms with E-state index in [1.807, 2.05) is 45.4 Å². The van der Waals surface area contributed by atoms with Gasteiger partial charge in [0.1, 0.15) is 6.61 Å². The molecule has 2 rings (SSSR count). The van der Waals surface area contributed by atoms with Crippen LogP contribution in [0.4, 0.5) is 0 Å². The fourth-order valence-corrected chi connectivity index (χ4v) is 2.62. The minimum atomic E-state index is 0.408. The summed E-state index contributed by atoms with van der Waals surface area (Å²) in [7, 11) is 3.80. The number of rotatable bonds is 7. The summed E-state index contributed by atoms with van der Waals surface area (Å²) in [6.07, 6.45) is 1.90. The zero-order chi connectivity index (χ0) is 15.2. The largest absolute Gasteiger partial charge is 0.490 e. The maximum absolute atomic E-state index is 5.88. The standard InChI is InChI=1S/C15H20BrN3O2/c1-4-20-14-8-11(9-17-2)7-13(16)15(14)21-10-12-5-6-19(3)18-12/h5-8,17H,4,9-10H2,1-3H3. The topological polar surface area (TPSA) is 48.3 Å². The van der Waals surface area contributed by atoms with Crippen molar-refractivity contribution in [1.82, 2.24) is 15.1 Å². The molecule has 0 unspecified atom stereocenters. The summed E-state index contributed by atoms with van der Waals surface area (Å²) in [5, 5.41) is 7.43. The maximum atomic E-state index is 5.88. The molecule has 0 radical (unpaired) electrons. The molecule has 1 aromatic carbocycles. The number of aryl methyl sites for hydroxylation is 1. The molecule has 0 aliphatic heterocycles. The van der Waals surface area contributed by atoms with Crippen LogP contribution >= 0.6 is 15.9 Å². The van der Waals surface area contributed by atoms with Crippen molar-refractivity contribution in [2.24, 2.45) is 7.05 Å². The minimum Gasteiger partial charge on any atom is -0.490 e. The second-order valence-corrected chi connectivity index (χ2v) is 5.49. The van der Waals surface area contributed by atoms with Gasteiger partial charge in [0.2, 0.25) is 0 Å². The molecule has 0 bridgehead atoms. The Hall–Kier alpha value is -1.53. The van der Waals surface area contributed by atoms with Gasteiger partial charge in [0, 0.05) is 19.8 Å². The van der Waals surface area contributed by atoms with Crippen molar-refractivity contribution in [3.8, 4) is 11.5 Å². The number of halogens is 1. The monoisotopic (exact) mass is 353 g/mol. The predicted molar refractivity (Wildman–Crippen MR) is 85.6 cm³/mol. The van der Waals surface area contributed by atoms with E-state index in [4.69, 9.17) is 9.47 Å². The lowest BCUT2D eigenvalue weighted by Crippen LogP contribution is -2.07. The number of benzene rings is 1. The Bertz CT molecular complexity index is 599. The van der Waals surface area contributed by atoms with Gasteiger partial charge in [-0.2, -0.15) is 5.10 Å². The van der Waals surface area contributed by atoms with Crippen molar-refractivity contribution < 1.29 is 9.47 Å². The molecule has 0 spiro atoms. The average Bonchev–Trinajstić information content (AvgIpc) is 2.84. The van der Waals surface area contributed by atoms with E-state index in [1.54, 1.807) is 4.68 Å². The quantitative estimate of drug-likeness (QED) is 0.831. The summed E-state index contributed by atoms with van der Waals surface area (Å²) in [5.74, 6) is 1.45. The third-order valence-corrected chi connectivity index (χ3v) is 3.47. The van der Waals surface area contributed by atoms with Gasteiger partial charge < -0.3 is 14.8 Å². The highest BCUT2D eigenvalue weighted by atomic mass is 79.9. The van der Waals surface area contributed by atoms with Crippen LogP contribution in [0.15, 0.2) is 28.9 Å². The Morgan fingerprint density at radius 2 is 2.14 bits per heavy atom. The number of ether oxygens (including phenoxy) is 2. The Kier molecular flexibility index (Phi) is 5.64. The van der Waals surface area contributed by atoms with Crippen LogP contribution in [-0.4, -0.2) is 23.4 Å². The summed E-state index contributed by atoms with van der Waals surface area (Å²) in [6, 6.07) is 5.97. The highest BCUT2D eigenvalue weighted by Gasteiger charge is 2.13. The van der Waals surface area contributed by atoms with Gasteiger partial charge in [0.25, 0.3) is 0 Å². The van der Waals surface area contributed by atoms with Crippen molar-refractivity contribution in [2.75, 3.05) is 13.7 Å². The summed E-state index contributed by atoms with van der Waals surface area (Å²) in [4.78, 5) is 0. The van der Waals surface area contributed by atoms with Crippen LogP contribution < -0.4 is 14.8 Å². The highest BCUT2D eigenvalue weighted by molar-refractivity contribution is 9.10. The molecule has 0 atom stereocenters. The van der Waals surface area contributed by atoms with E-state index in [0.29, 0.717) is 19.0 Å². The first-order valence-electron chi connectivity index (χ1n) is 6.85. The molecule has 6 heteroatoms. The van der Waals surface area contributed by atoms with E-state index < -0.39 is 0 Å². The SMILES string of the molecule is CCOc1cc(CNC)cc(Br)c1OCc1ccn(C)n1. The molecule has 1 aromatic heterocycles. The first kappa shape index (κ1) is 15.9. The van der Waals surface area contributed by atoms with Crippen molar-refractivity contribution in [2.45, 2.75) is 20.1 Å². The fraction of sp³-hybridized carbons (Fsp3) is 0.400. The van der Waals surface area contributed by atoms with E-state index >= 15 is 0 Å². The molecule has 0 amide bonds. The predicted octanol–water partition coefficient (Wildman–Crippen LogP) is 2.88. The molecule has 0 aliphatic carbocycles. The van der Waals surface area contributed by atoms with Crippen LogP contribution in [-0.2, 0) is 20.2 Å². The molecular formula is C15H20BrN3O2. The molecule has 5 nitrogen and oxygen atoms in total. The Morgan fingerprint density at radius 1 is 1.33 bits per heavy atom. The Balaban J connectivity index is 2.19. The summed E-state index contributed by atoms with van der Waals surface area (Å²) < 4.78 is 14.2. The molecule has 114 valence electrons. The summed E-state index contributed by atoms with van der Waals surface area (Å²) in [5.41, 5.74) is 2.02. The first-order valence-corrected chi connectivity index (χ1v) is 7.64. The van der Waals surface area contributed by atoms with Crippen molar-refractivity contribution >= 4 is 15.9 Å². The molecule has 1 N–H and O–H groups in total. The number of nitrogens with one attached hydrogen (secondary N) is 1. The number of hydrogen-bond donors (Lipinski definition) is 1. The smallest absolute Gasteiger partial charge is 0.175 e. The van der Waals surface area contributed by atoms with Gasteiger partial charge in [-0.3, -0.25) is 4.68 Å². The third kappa shape index (κ3) is 4.22. The van der Waals surface area contributed by atoms with Gasteiger partial charge in [0.05, 0.1) is 16.8 Å². The molecule has 0 aliphatic rings.